The Hall–Kier alpha value is -2.67. The van der Waals surface area contributed by atoms with Crippen molar-refractivity contribution in [2.45, 2.75) is 24.8 Å². The zero-order chi connectivity index (χ0) is 21.6. The van der Waals surface area contributed by atoms with Gasteiger partial charge in [0.05, 0.1) is 11.4 Å². The minimum atomic E-state index is -3.87. The number of carbonyl (C=O) groups excluding carboxylic acids is 1. The lowest BCUT2D eigenvalue weighted by Crippen LogP contribution is -2.37. The molecule has 30 heavy (non-hydrogen) atoms. The van der Waals surface area contributed by atoms with Crippen LogP contribution in [0.2, 0.25) is 5.02 Å². The minimum Gasteiger partial charge on any atom is -0.325 e. The van der Waals surface area contributed by atoms with E-state index in [1.807, 2.05) is 24.3 Å². The molecule has 0 aliphatic rings. The van der Waals surface area contributed by atoms with Crippen molar-refractivity contribution in [3.8, 4) is 0 Å². The molecular formula is C23H23ClN2O3S. The van der Waals surface area contributed by atoms with Crippen LogP contribution in [0.5, 0.6) is 0 Å². The van der Waals surface area contributed by atoms with E-state index in [4.69, 9.17) is 11.6 Å². The van der Waals surface area contributed by atoms with E-state index in [2.05, 4.69) is 12.2 Å². The van der Waals surface area contributed by atoms with Crippen LogP contribution in [0.3, 0.4) is 0 Å². The average molecular weight is 443 g/mol. The SMILES string of the molecule is CCc1ccc(NC(=O)CN(Cc2ccc(Cl)cc2)S(=O)(=O)c2ccccc2)cc1. The predicted molar refractivity (Wildman–Crippen MR) is 120 cm³/mol. The van der Waals surface area contributed by atoms with Crippen molar-refractivity contribution in [1.29, 1.82) is 0 Å². The largest absolute Gasteiger partial charge is 0.325 e. The van der Waals surface area contributed by atoms with Gasteiger partial charge in [0.1, 0.15) is 0 Å². The minimum absolute atomic E-state index is 0.0522. The second-order valence-electron chi connectivity index (χ2n) is 6.81. The monoisotopic (exact) mass is 442 g/mol. The number of nitrogens with one attached hydrogen (secondary N) is 1. The summed E-state index contributed by atoms with van der Waals surface area (Å²) in [5.41, 5.74) is 2.52. The average Bonchev–Trinajstić information content (AvgIpc) is 2.76. The predicted octanol–water partition coefficient (Wildman–Crippen LogP) is 4.73. The molecular weight excluding hydrogens is 420 g/mol. The van der Waals surface area contributed by atoms with Gasteiger partial charge < -0.3 is 5.32 Å². The molecule has 0 unspecified atom stereocenters. The van der Waals surface area contributed by atoms with Crippen LogP contribution >= 0.6 is 11.6 Å². The van der Waals surface area contributed by atoms with E-state index < -0.39 is 15.9 Å². The molecule has 0 aromatic heterocycles. The number of anilines is 1. The zero-order valence-electron chi connectivity index (χ0n) is 16.6. The molecule has 0 radical (unpaired) electrons. The van der Waals surface area contributed by atoms with Crippen molar-refractivity contribution in [3.05, 3.63) is 95.0 Å². The summed E-state index contributed by atoms with van der Waals surface area (Å²) in [5.74, 6) is -0.410. The van der Waals surface area contributed by atoms with Gasteiger partial charge in [-0.15, -0.1) is 0 Å². The molecule has 0 heterocycles. The van der Waals surface area contributed by atoms with Crippen LogP contribution in [0.25, 0.3) is 0 Å². The van der Waals surface area contributed by atoms with Gasteiger partial charge in [0.2, 0.25) is 15.9 Å². The number of aryl methyl sites for hydroxylation is 1. The Morgan fingerprint density at radius 1 is 0.900 bits per heavy atom. The molecule has 0 saturated heterocycles. The number of benzene rings is 3. The summed E-state index contributed by atoms with van der Waals surface area (Å²) in [6.07, 6.45) is 0.901. The van der Waals surface area contributed by atoms with Gasteiger partial charge in [-0.3, -0.25) is 4.79 Å². The maximum atomic E-state index is 13.2. The van der Waals surface area contributed by atoms with E-state index in [0.717, 1.165) is 17.5 Å². The van der Waals surface area contributed by atoms with Gasteiger partial charge in [0, 0.05) is 17.3 Å². The first-order valence-electron chi connectivity index (χ1n) is 9.57. The van der Waals surface area contributed by atoms with Crippen LogP contribution in [0.15, 0.2) is 83.8 Å². The molecule has 0 fully saturated rings. The third-order valence-electron chi connectivity index (χ3n) is 4.62. The van der Waals surface area contributed by atoms with Gasteiger partial charge in [0.25, 0.3) is 0 Å². The quantitative estimate of drug-likeness (QED) is 0.548. The molecule has 0 aliphatic carbocycles. The van der Waals surface area contributed by atoms with Crippen LogP contribution < -0.4 is 5.32 Å². The number of carbonyl (C=O) groups is 1. The number of hydrogen-bond donors (Lipinski definition) is 1. The van der Waals surface area contributed by atoms with Gasteiger partial charge in [-0.2, -0.15) is 4.31 Å². The van der Waals surface area contributed by atoms with E-state index in [1.54, 1.807) is 42.5 Å². The molecule has 1 N–H and O–H groups in total. The Bertz CT molecular complexity index is 1080. The molecule has 0 spiro atoms. The second-order valence-corrected chi connectivity index (χ2v) is 9.19. The first kappa shape index (κ1) is 22.0. The number of amides is 1. The molecule has 0 saturated carbocycles. The molecule has 3 aromatic carbocycles. The van der Waals surface area contributed by atoms with Gasteiger partial charge in [0.15, 0.2) is 0 Å². The molecule has 7 heteroatoms. The number of halogens is 1. The Kier molecular flexibility index (Phi) is 7.26. The lowest BCUT2D eigenvalue weighted by atomic mass is 10.1. The highest BCUT2D eigenvalue weighted by atomic mass is 35.5. The lowest BCUT2D eigenvalue weighted by Gasteiger charge is -2.22. The van der Waals surface area contributed by atoms with Crippen LogP contribution in [0.4, 0.5) is 5.69 Å². The van der Waals surface area contributed by atoms with Gasteiger partial charge in [-0.05, 0) is 53.9 Å². The molecule has 3 rings (SSSR count). The van der Waals surface area contributed by atoms with Crippen LogP contribution in [0.1, 0.15) is 18.1 Å². The summed E-state index contributed by atoms with van der Waals surface area (Å²) in [5, 5.41) is 3.34. The molecule has 1 amide bonds. The standard InChI is InChI=1S/C23H23ClN2O3S/c1-2-18-10-14-21(15-11-18)25-23(27)17-26(16-19-8-12-20(24)13-9-19)30(28,29)22-6-4-3-5-7-22/h3-15H,2,16-17H2,1H3,(H,25,27). The van der Waals surface area contributed by atoms with Crippen molar-refractivity contribution in [3.63, 3.8) is 0 Å². The Morgan fingerprint density at radius 3 is 2.10 bits per heavy atom. The normalized spacial score (nSPS) is 11.4. The third-order valence-corrected chi connectivity index (χ3v) is 6.68. The van der Waals surface area contributed by atoms with Crippen LogP contribution in [-0.2, 0) is 27.8 Å². The fraction of sp³-hybridized carbons (Fsp3) is 0.174. The summed E-state index contributed by atoms with van der Waals surface area (Å²) < 4.78 is 27.6. The van der Waals surface area contributed by atoms with Crippen LogP contribution in [0, 0.1) is 0 Å². The van der Waals surface area contributed by atoms with E-state index >= 15 is 0 Å². The molecule has 3 aromatic rings. The molecule has 5 nitrogen and oxygen atoms in total. The molecule has 0 aliphatic heterocycles. The van der Waals surface area contributed by atoms with E-state index in [9.17, 15) is 13.2 Å². The molecule has 156 valence electrons. The van der Waals surface area contributed by atoms with Crippen molar-refractivity contribution >= 4 is 33.2 Å². The first-order valence-corrected chi connectivity index (χ1v) is 11.4. The van der Waals surface area contributed by atoms with Gasteiger partial charge >= 0.3 is 0 Å². The van der Waals surface area contributed by atoms with Crippen molar-refractivity contribution in [2.24, 2.45) is 0 Å². The Labute approximate surface area is 182 Å². The highest BCUT2D eigenvalue weighted by Gasteiger charge is 2.26. The fourth-order valence-corrected chi connectivity index (χ4v) is 4.48. The van der Waals surface area contributed by atoms with E-state index in [1.165, 1.54) is 16.4 Å². The maximum Gasteiger partial charge on any atom is 0.243 e. The summed E-state index contributed by atoms with van der Waals surface area (Å²) in [4.78, 5) is 12.8. The van der Waals surface area contributed by atoms with Gasteiger partial charge in [-0.25, -0.2) is 8.42 Å². The summed E-state index contributed by atoms with van der Waals surface area (Å²) in [7, 11) is -3.87. The van der Waals surface area contributed by atoms with E-state index in [0.29, 0.717) is 10.7 Å². The maximum absolute atomic E-state index is 13.2. The van der Waals surface area contributed by atoms with Crippen molar-refractivity contribution in [1.82, 2.24) is 4.31 Å². The Morgan fingerprint density at radius 2 is 1.50 bits per heavy atom. The molecule has 0 atom stereocenters. The summed E-state index contributed by atoms with van der Waals surface area (Å²) in [6, 6.07) is 22.5. The highest BCUT2D eigenvalue weighted by molar-refractivity contribution is 7.89. The highest BCUT2D eigenvalue weighted by Crippen LogP contribution is 2.20. The Balaban J connectivity index is 1.82. The zero-order valence-corrected chi connectivity index (χ0v) is 18.2. The van der Waals surface area contributed by atoms with Crippen molar-refractivity contribution in [2.75, 3.05) is 11.9 Å². The topological polar surface area (TPSA) is 66.5 Å². The lowest BCUT2D eigenvalue weighted by molar-refractivity contribution is -0.116. The van der Waals surface area contributed by atoms with Crippen molar-refractivity contribution < 1.29 is 13.2 Å². The number of rotatable bonds is 8. The fourth-order valence-electron chi connectivity index (χ4n) is 2.95. The third kappa shape index (κ3) is 5.69. The number of nitrogens with zero attached hydrogens (tertiary/aromatic N) is 1. The molecule has 0 bridgehead atoms. The smallest absolute Gasteiger partial charge is 0.243 e. The summed E-state index contributed by atoms with van der Waals surface area (Å²) >= 11 is 5.93. The second kappa shape index (κ2) is 9.89. The van der Waals surface area contributed by atoms with Gasteiger partial charge in [-0.1, -0.05) is 61.0 Å². The first-order chi connectivity index (χ1) is 14.4. The van der Waals surface area contributed by atoms with E-state index in [-0.39, 0.29) is 18.0 Å². The summed E-state index contributed by atoms with van der Waals surface area (Å²) in [6.45, 7) is 1.79. The van der Waals surface area contributed by atoms with Crippen LogP contribution in [-0.4, -0.2) is 25.2 Å². The number of hydrogen-bond acceptors (Lipinski definition) is 3. The number of sulfonamides is 1.